The van der Waals surface area contributed by atoms with Gasteiger partial charge in [0.05, 0.1) is 25.0 Å². The summed E-state index contributed by atoms with van der Waals surface area (Å²) in [5.74, 6) is -0.578. The number of carbonyl (C=O) groups is 3. The van der Waals surface area contributed by atoms with E-state index < -0.39 is 10.8 Å². The van der Waals surface area contributed by atoms with Gasteiger partial charge in [-0.05, 0) is 48.9 Å². The Labute approximate surface area is 252 Å². The van der Waals surface area contributed by atoms with Gasteiger partial charge in [-0.15, -0.1) is 11.8 Å². The number of hydrogen-bond acceptors (Lipinski definition) is 4. The van der Waals surface area contributed by atoms with Gasteiger partial charge in [-0.1, -0.05) is 59.6 Å². The second kappa shape index (κ2) is 11.1. The Morgan fingerprint density at radius 2 is 1.76 bits per heavy atom. The van der Waals surface area contributed by atoms with Crippen molar-refractivity contribution in [2.45, 2.75) is 35.1 Å². The van der Waals surface area contributed by atoms with Crippen molar-refractivity contribution in [2.75, 3.05) is 19.6 Å². The smallest absolute Gasteiger partial charge is 0.242 e. The van der Waals surface area contributed by atoms with Crippen LogP contribution in [0.15, 0.2) is 83.9 Å². The normalized spacial score (nSPS) is 21.8. The minimum atomic E-state index is -1.24. The first-order valence-electron chi connectivity index (χ1n) is 13.4. The Hall–Kier alpha value is -3.46. The van der Waals surface area contributed by atoms with Crippen molar-refractivity contribution in [3.8, 4) is 0 Å². The zero-order valence-electron chi connectivity index (χ0n) is 22.3. The van der Waals surface area contributed by atoms with Crippen LogP contribution in [0.1, 0.15) is 36.6 Å². The number of H-pyrrole nitrogens is 1. The van der Waals surface area contributed by atoms with Crippen molar-refractivity contribution < 1.29 is 14.4 Å². The first-order valence-corrected chi connectivity index (χ1v) is 15.0. The maximum Gasteiger partial charge on any atom is 0.242 e. The molecule has 0 spiro atoms. The summed E-state index contributed by atoms with van der Waals surface area (Å²) in [6.07, 6.45) is 1.86. The molecule has 0 unspecified atom stereocenters. The number of aromatic amines is 1. The van der Waals surface area contributed by atoms with Gasteiger partial charge in [0, 0.05) is 50.7 Å². The Kier molecular flexibility index (Phi) is 7.49. The van der Waals surface area contributed by atoms with E-state index in [1.807, 2.05) is 78.7 Å². The van der Waals surface area contributed by atoms with Gasteiger partial charge in [0.15, 0.2) is 0 Å². The second-order valence-corrected chi connectivity index (χ2v) is 12.7. The number of hydrogen-bond donors (Lipinski definition) is 2. The molecule has 0 bridgehead atoms. The minimum Gasteiger partial charge on any atom is -0.361 e. The van der Waals surface area contributed by atoms with E-state index in [9.17, 15) is 14.4 Å². The van der Waals surface area contributed by atoms with Crippen LogP contribution < -0.4 is 5.32 Å². The molecule has 210 valence electrons. The van der Waals surface area contributed by atoms with E-state index in [0.29, 0.717) is 23.1 Å². The molecule has 0 saturated carbocycles. The predicted molar refractivity (Wildman–Crippen MR) is 162 cm³/mol. The summed E-state index contributed by atoms with van der Waals surface area (Å²) in [6.45, 7) is 2.67. The summed E-state index contributed by atoms with van der Waals surface area (Å²) in [5.41, 5.74) is 2.54. The number of carbonyl (C=O) groups excluding carboxylic acids is 3. The van der Waals surface area contributed by atoms with Crippen LogP contribution in [-0.2, 0) is 14.4 Å². The van der Waals surface area contributed by atoms with Crippen molar-refractivity contribution in [3.05, 3.63) is 100 Å². The molecule has 2 aliphatic heterocycles. The number of benzene rings is 3. The molecule has 2 saturated heterocycles. The summed E-state index contributed by atoms with van der Waals surface area (Å²) < 4.78 is -1.24. The molecule has 10 heteroatoms. The number of thioether (sulfide) groups is 1. The molecule has 3 atom stereocenters. The van der Waals surface area contributed by atoms with Gasteiger partial charge in [0.1, 0.15) is 4.75 Å². The van der Waals surface area contributed by atoms with Gasteiger partial charge in [-0.25, -0.2) is 0 Å². The van der Waals surface area contributed by atoms with E-state index >= 15 is 0 Å². The molecule has 3 aromatic carbocycles. The molecule has 2 aliphatic rings. The number of piperazine rings is 1. The molecule has 2 N–H and O–H groups in total. The lowest BCUT2D eigenvalue weighted by Gasteiger charge is -2.41. The fraction of sp³-hybridized carbons (Fsp3) is 0.258. The maximum absolute atomic E-state index is 14.8. The van der Waals surface area contributed by atoms with Crippen LogP contribution >= 0.6 is 35.0 Å². The minimum absolute atomic E-state index is 0.0215. The fourth-order valence-electron chi connectivity index (χ4n) is 5.98. The summed E-state index contributed by atoms with van der Waals surface area (Å²) in [6, 6.07) is 21.6. The Balaban J connectivity index is 1.56. The highest BCUT2D eigenvalue weighted by Crippen LogP contribution is 2.56. The summed E-state index contributed by atoms with van der Waals surface area (Å²) >= 11 is 13.9. The molecule has 1 aromatic heterocycles. The Morgan fingerprint density at radius 3 is 2.49 bits per heavy atom. The highest BCUT2D eigenvalue weighted by atomic mass is 35.5. The van der Waals surface area contributed by atoms with Gasteiger partial charge in [0.25, 0.3) is 0 Å². The molecular formula is C31H28Cl2N4O3S. The zero-order valence-corrected chi connectivity index (χ0v) is 24.6. The fourth-order valence-corrected chi connectivity index (χ4v) is 7.75. The van der Waals surface area contributed by atoms with Crippen LogP contribution in [0.4, 0.5) is 0 Å². The molecule has 2 fully saturated rings. The summed E-state index contributed by atoms with van der Waals surface area (Å²) in [5, 5.41) is 4.87. The van der Waals surface area contributed by atoms with Crippen molar-refractivity contribution in [3.63, 3.8) is 0 Å². The highest BCUT2D eigenvalue weighted by Gasteiger charge is 2.61. The Morgan fingerprint density at radius 1 is 1.02 bits per heavy atom. The third-order valence-corrected chi connectivity index (χ3v) is 9.79. The van der Waals surface area contributed by atoms with Crippen LogP contribution in [0.5, 0.6) is 0 Å². The molecule has 3 heterocycles. The topological polar surface area (TPSA) is 85.5 Å². The zero-order chi connectivity index (χ0) is 28.7. The summed E-state index contributed by atoms with van der Waals surface area (Å²) in [4.78, 5) is 49.0. The van der Waals surface area contributed by atoms with Gasteiger partial charge < -0.3 is 20.1 Å². The number of fused-ring (bicyclic) bond motifs is 1. The Bertz CT molecular complexity index is 1630. The number of aromatic nitrogens is 1. The lowest BCUT2D eigenvalue weighted by atomic mass is 9.89. The predicted octanol–water partition coefficient (Wildman–Crippen LogP) is 6.00. The number of nitrogens with zero attached hydrogens (tertiary/aromatic N) is 2. The van der Waals surface area contributed by atoms with Crippen LogP contribution in [0, 0.1) is 0 Å². The molecule has 3 amide bonds. The number of nitrogens with one attached hydrogen (secondary N) is 2. The van der Waals surface area contributed by atoms with Gasteiger partial charge >= 0.3 is 0 Å². The SMILES string of the molecule is C[C@@H](c1ccc(Cl)cc1)N1C(=O)C[C@@](Sc2ccccc2)(C(=O)N2CCNC(=O)C2)[C@H]1c1c[nH]c2cc(Cl)ccc12. The van der Waals surface area contributed by atoms with E-state index in [4.69, 9.17) is 23.2 Å². The summed E-state index contributed by atoms with van der Waals surface area (Å²) in [7, 11) is 0. The van der Waals surface area contributed by atoms with Crippen LogP contribution in [0.2, 0.25) is 10.0 Å². The van der Waals surface area contributed by atoms with Crippen LogP contribution in [0.25, 0.3) is 10.9 Å². The maximum atomic E-state index is 14.8. The average Bonchev–Trinajstić information content (AvgIpc) is 3.50. The highest BCUT2D eigenvalue weighted by molar-refractivity contribution is 8.01. The number of amides is 3. The van der Waals surface area contributed by atoms with Crippen LogP contribution in [-0.4, -0.2) is 56.9 Å². The number of halogens is 2. The molecule has 7 nitrogen and oxygen atoms in total. The molecule has 6 rings (SSSR count). The van der Waals surface area contributed by atoms with Gasteiger partial charge in [0.2, 0.25) is 17.7 Å². The van der Waals surface area contributed by atoms with E-state index in [-0.39, 0.29) is 36.7 Å². The van der Waals surface area contributed by atoms with E-state index in [2.05, 4.69) is 10.3 Å². The third kappa shape index (κ3) is 5.09. The van der Waals surface area contributed by atoms with E-state index in [1.54, 1.807) is 17.0 Å². The molecular weight excluding hydrogens is 579 g/mol. The second-order valence-electron chi connectivity index (χ2n) is 10.4. The first kappa shape index (κ1) is 27.7. The lowest BCUT2D eigenvalue weighted by molar-refractivity contribution is -0.140. The number of rotatable bonds is 6. The quantitative estimate of drug-likeness (QED) is 0.282. The standard InChI is InChI=1S/C31H28Cl2N4O3S/c1-19(20-7-9-21(32)10-8-20)37-28(39)16-31(41-23-5-3-2-4-6-23,30(40)36-14-13-34-27(38)18-36)29(37)25-17-35-26-15-22(33)11-12-24(25)26/h2-12,15,17,19,29,35H,13-14,16,18H2,1H3,(H,34,38)/t19-,29+,31-/m0/s1. The first-order chi connectivity index (χ1) is 19.8. The van der Waals surface area contributed by atoms with Crippen molar-refractivity contribution in [1.29, 1.82) is 0 Å². The van der Waals surface area contributed by atoms with E-state index in [0.717, 1.165) is 26.9 Å². The molecule has 4 aromatic rings. The monoisotopic (exact) mass is 606 g/mol. The van der Waals surface area contributed by atoms with Crippen molar-refractivity contribution in [1.82, 2.24) is 20.1 Å². The molecule has 0 radical (unpaired) electrons. The number of likely N-dealkylation sites (tertiary alicyclic amines) is 1. The average molecular weight is 608 g/mol. The van der Waals surface area contributed by atoms with Gasteiger partial charge in [-0.3, -0.25) is 14.4 Å². The lowest BCUT2D eigenvalue weighted by Crippen LogP contribution is -2.57. The molecule has 41 heavy (non-hydrogen) atoms. The molecule has 0 aliphatic carbocycles. The van der Waals surface area contributed by atoms with Crippen molar-refractivity contribution >= 4 is 63.6 Å². The van der Waals surface area contributed by atoms with Gasteiger partial charge in [-0.2, -0.15) is 0 Å². The third-order valence-electron chi connectivity index (χ3n) is 7.89. The van der Waals surface area contributed by atoms with E-state index in [1.165, 1.54) is 11.8 Å². The van der Waals surface area contributed by atoms with Crippen LogP contribution in [0.3, 0.4) is 0 Å². The van der Waals surface area contributed by atoms with Crippen molar-refractivity contribution in [2.24, 2.45) is 0 Å². The largest absolute Gasteiger partial charge is 0.361 e.